The van der Waals surface area contributed by atoms with Crippen molar-refractivity contribution in [1.82, 2.24) is 5.32 Å². The summed E-state index contributed by atoms with van der Waals surface area (Å²) < 4.78 is 5.59. The average molecular weight is 295 g/mol. The minimum absolute atomic E-state index is 0.0719. The Hall–Kier alpha value is -1.79. The van der Waals surface area contributed by atoms with Crippen LogP contribution in [0.3, 0.4) is 0 Å². The zero-order valence-electron chi connectivity index (χ0n) is 12.6. The number of rotatable bonds is 9. The van der Waals surface area contributed by atoms with Gasteiger partial charge in [-0.25, -0.2) is 0 Å². The minimum Gasteiger partial charge on any atom is -0.492 e. The van der Waals surface area contributed by atoms with Gasteiger partial charge in [0.1, 0.15) is 12.4 Å². The van der Waals surface area contributed by atoms with Crippen LogP contribution >= 0.6 is 0 Å². The first-order valence-electron chi connectivity index (χ1n) is 7.11. The lowest BCUT2D eigenvalue weighted by molar-refractivity contribution is 0.214. The van der Waals surface area contributed by atoms with Crippen LogP contribution in [0.2, 0.25) is 0 Å². The number of nitrogens with zero attached hydrogens (tertiary/aromatic N) is 1. The van der Waals surface area contributed by atoms with E-state index in [0.29, 0.717) is 24.6 Å². The second-order valence-corrected chi connectivity index (χ2v) is 5.32. The van der Waals surface area contributed by atoms with E-state index in [1.54, 1.807) is 24.3 Å². The number of aliphatic hydroxyl groups is 1. The number of nitrogens with two attached hydrogens (primary N) is 1. The molecule has 0 heterocycles. The number of ether oxygens (including phenoxy) is 1. The van der Waals surface area contributed by atoms with Gasteiger partial charge in [0.15, 0.2) is 5.84 Å². The molecule has 0 radical (unpaired) electrons. The van der Waals surface area contributed by atoms with E-state index in [1.165, 1.54) is 0 Å². The summed E-state index contributed by atoms with van der Waals surface area (Å²) in [4.78, 5) is 0. The monoisotopic (exact) mass is 295 g/mol. The van der Waals surface area contributed by atoms with Gasteiger partial charge in [0, 0.05) is 18.2 Å². The van der Waals surface area contributed by atoms with Gasteiger partial charge in [-0.3, -0.25) is 0 Å². The van der Waals surface area contributed by atoms with Crippen molar-refractivity contribution in [3.8, 4) is 5.75 Å². The summed E-state index contributed by atoms with van der Waals surface area (Å²) in [5.74, 6) is 1.33. The van der Waals surface area contributed by atoms with Crippen LogP contribution in [-0.4, -0.2) is 41.9 Å². The van der Waals surface area contributed by atoms with Gasteiger partial charge in [-0.1, -0.05) is 19.0 Å². The number of aliphatic hydroxyl groups excluding tert-OH is 1. The molecule has 21 heavy (non-hydrogen) atoms. The fourth-order valence-electron chi connectivity index (χ4n) is 2.00. The third-order valence-corrected chi connectivity index (χ3v) is 3.04. The number of benzene rings is 1. The maximum atomic E-state index is 9.25. The normalized spacial score (nSPS) is 13.4. The predicted octanol–water partition coefficient (Wildman–Crippen LogP) is 1.16. The summed E-state index contributed by atoms with van der Waals surface area (Å²) in [6.45, 7) is 5.57. The Morgan fingerprint density at radius 1 is 1.33 bits per heavy atom. The number of hydrogen-bond donors (Lipinski definition) is 4. The highest BCUT2D eigenvalue weighted by Gasteiger charge is 2.08. The van der Waals surface area contributed by atoms with Crippen LogP contribution < -0.4 is 15.8 Å². The number of hydrogen-bond acceptors (Lipinski definition) is 5. The Balaban J connectivity index is 2.32. The molecule has 118 valence electrons. The van der Waals surface area contributed by atoms with Gasteiger partial charge in [0.2, 0.25) is 0 Å². The van der Waals surface area contributed by atoms with Crippen LogP contribution in [0, 0.1) is 5.92 Å². The fourth-order valence-corrected chi connectivity index (χ4v) is 2.00. The SMILES string of the molecule is CC(C)CC(CO)NCCOc1ccc(C(N)=NO)cc1. The van der Waals surface area contributed by atoms with Crippen molar-refractivity contribution in [2.24, 2.45) is 16.8 Å². The Kier molecular flexibility index (Phi) is 7.56. The zero-order chi connectivity index (χ0) is 15.7. The number of oxime groups is 1. The summed E-state index contributed by atoms with van der Waals surface area (Å²) >= 11 is 0. The number of amidine groups is 1. The Bertz CT molecular complexity index is 432. The van der Waals surface area contributed by atoms with Crippen molar-refractivity contribution in [2.75, 3.05) is 19.8 Å². The predicted molar refractivity (Wildman–Crippen MR) is 82.8 cm³/mol. The third kappa shape index (κ3) is 6.46. The largest absolute Gasteiger partial charge is 0.492 e. The van der Waals surface area contributed by atoms with E-state index in [2.05, 4.69) is 24.3 Å². The fraction of sp³-hybridized carbons (Fsp3) is 0.533. The molecule has 1 unspecified atom stereocenters. The topological polar surface area (TPSA) is 100 Å². The second-order valence-electron chi connectivity index (χ2n) is 5.32. The van der Waals surface area contributed by atoms with Gasteiger partial charge in [0.05, 0.1) is 6.61 Å². The van der Waals surface area contributed by atoms with Crippen LogP contribution in [-0.2, 0) is 0 Å². The van der Waals surface area contributed by atoms with Crippen LogP contribution in [0.1, 0.15) is 25.8 Å². The highest BCUT2D eigenvalue weighted by atomic mass is 16.5. The van der Waals surface area contributed by atoms with E-state index in [-0.39, 0.29) is 18.5 Å². The lowest BCUT2D eigenvalue weighted by Crippen LogP contribution is -2.36. The van der Waals surface area contributed by atoms with Crippen LogP contribution in [0.25, 0.3) is 0 Å². The molecule has 0 saturated carbocycles. The van der Waals surface area contributed by atoms with Crippen molar-refractivity contribution < 1.29 is 15.1 Å². The molecule has 0 saturated heterocycles. The molecular weight excluding hydrogens is 270 g/mol. The van der Waals surface area contributed by atoms with Crippen molar-refractivity contribution in [3.63, 3.8) is 0 Å². The minimum atomic E-state index is 0.0719. The Morgan fingerprint density at radius 2 is 2.00 bits per heavy atom. The van der Waals surface area contributed by atoms with Crippen molar-refractivity contribution >= 4 is 5.84 Å². The molecule has 5 N–H and O–H groups in total. The molecule has 0 bridgehead atoms. The standard InChI is InChI=1S/C15H25N3O3/c1-11(2)9-13(10-19)17-7-8-21-14-5-3-12(4-6-14)15(16)18-20/h3-6,11,13,17,19-20H,7-10H2,1-2H3,(H2,16,18). The summed E-state index contributed by atoms with van der Waals surface area (Å²) in [5, 5.41) is 24.0. The first-order valence-corrected chi connectivity index (χ1v) is 7.11. The average Bonchev–Trinajstić information content (AvgIpc) is 2.49. The van der Waals surface area contributed by atoms with E-state index in [1.807, 2.05) is 0 Å². The lowest BCUT2D eigenvalue weighted by Gasteiger charge is -2.18. The molecule has 0 aliphatic heterocycles. The molecular formula is C15H25N3O3. The van der Waals surface area contributed by atoms with E-state index in [9.17, 15) is 5.11 Å². The van der Waals surface area contributed by atoms with Gasteiger partial charge < -0.3 is 26.1 Å². The quantitative estimate of drug-likeness (QED) is 0.180. The first-order chi connectivity index (χ1) is 10.1. The Morgan fingerprint density at radius 3 is 2.52 bits per heavy atom. The molecule has 0 aliphatic carbocycles. The summed E-state index contributed by atoms with van der Waals surface area (Å²) in [5.41, 5.74) is 6.12. The van der Waals surface area contributed by atoms with Gasteiger partial charge in [0.25, 0.3) is 0 Å². The third-order valence-electron chi connectivity index (χ3n) is 3.04. The molecule has 0 spiro atoms. The molecule has 6 nitrogen and oxygen atoms in total. The molecule has 0 amide bonds. The molecule has 0 aliphatic rings. The zero-order valence-corrected chi connectivity index (χ0v) is 12.6. The molecule has 0 aromatic heterocycles. The van der Waals surface area contributed by atoms with Gasteiger partial charge in [-0.15, -0.1) is 0 Å². The van der Waals surface area contributed by atoms with E-state index in [4.69, 9.17) is 15.7 Å². The molecule has 0 fully saturated rings. The van der Waals surface area contributed by atoms with Crippen LogP contribution in [0.4, 0.5) is 0 Å². The van der Waals surface area contributed by atoms with Crippen molar-refractivity contribution in [2.45, 2.75) is 26.3 Å². The smallest absolute Gasteiger partial charge is 0.170 e. The van der Waals surface area contributed by atoms with Crippen molar-refractivity contribution in [3.05, 3.63) is 29.8 Å². The van der Waals surface area contributed by atoms with E-state index >= 15 is 0 Å². The molecule has 6 heteroatoms. The Labute approximate surface area is 125 Å². The first kappa shape index (κ1) is 17.3. The van der Waals surface area contributed by atoms with Crippen LogP contribution in [0.5, 0.6) is 5.75 Å². The highest BCUT2D eigenvalue weighted by molar-refractivity contribution is 5.97. The summed E-state index contributed by atoms with van der Waals surface area (Å²) in [6.07, 6.45) is 0.935. The molecule has 1 aromatic carbocycles. The lowest BCUT2D eigenvalue weighted by atomic mass is 10.0. The van der Waals surface area contributed by atoms with E-state index in [0.717, 1.165) is 12.2 Å². The van der Waals surface area contributed by atoms with Gasteiger partial charge >= 0.3 is 0 Å². The molecule has 1 aromatic rings. The highest BCUT2D eigenvalue weighted by Crippen LogP contribution is 2.11. The summed E-state index contributed by atoms with van der Waals surface area (Å²) in [7, 11) is 0. The van der Waals surface area contributed by atoms with E-state index < -0.39 is 0 Å². The van der Waals surface area contributed by atoms with Crippen molar-refractivity contribution in [1.29, 1.82) is 0 Å². The second kappa shape index (κ2) is 9.20. The van der Waals surface area contributed by atoms with Gasteiger partial charge in [-0.05, 0) is 36.6 Å². The molecule has 1 atom stereocenters. The maximum Gasteiger partial charge on any atom is 0.170 e. The maximum absolute atomic E-state index is 9.25. The summed E-state index contributed by atoms with van der Waals surface area (Å²) in [6, 6.07) is 7.10. The van der Waals surface area contributed by atoms with Gasteiger partial charge in [-0.2, -0.15) is 0 Å². The molecule has 1 rings (SSSR count). The number of nitrogens with one attached hydrogen (secondary N) is 1. The van der Waals surface area contributed by atoms with Crippen LogP contribution in [0.15, 0.2) is 29.4 Å².